The maximum Gasteiger partial charge on any atom is 0.244 e. The van der Waals surface area contributed by atoms with Crippen LogP contribution in [-0.2, 0) is 4.79 Å². The fourth-order valence-corrected chi connectivity index (χ4v) is 3.82. The molecule has 84 valence electrons. The first-order valence-electron chi connectivity index (χ1n) is 5.75. The number of hydrogen-bond acceptors (Lipinski definition) is 1. The smallest absolute Gasteiger partial charge is 0.244 e. The van der Waals surface area contributed by atoms with Crippen molar-refractivity contribution in [2.45, 2.75) is 40.0 Å². The van der Waals surface area contributed by atoms with Crippen LogP contribution in [0.25, 0.3) is 0 Å². The topological polar surface area (TPSA) is 17.1 Å². The Morgan fingerprint density at radius 3 is 2.47 bits per heavy atom. The molecule has 0 aliphatic heterocycles. The summed E-state index contributed by atoms with van der Waals surface area (Å²) in [6.07, 6.45) is 7.44. The van der Waals surface area contributed by atoms with E-state index in [4.69, 9.17) is 11.6 Å². The highest BCUT2D eigenvalue weighted by Crippen LogP contribution is 2.68. The third kappa shape index (κ3) is 1.47. The highest BCUT2D eigenvalue weighted by atomic mass is 35.5. The highest BCUT2D eigenvalue weighted by molar-refractivity contribution is 6.66. The van der Waals surface area contributed by atoms with Crippen LogP contribution in [0.1, 0.15) is 40.0 Å². The van der Waals surface area contributed by atoms with Crippen molar-refractivity contribution in [2.24, 2.45) is 22.7 Å². The normalized spacial score (nSPS) is 42.7. The predicted octanol–water partition coefficient (Wildman–Crippen LogP) is 3.77. The first kappa shape index (κ1) is 11.2. The van der Waals surface area contributed by atoms with E-state index in [2.05, 4.69) is 20.8 Å². The summed E-state index contributed by atoms with van der Waals surface area (Å²) >= 11 is 5.35. The van der Waals surface area contributed by atoms with Crippen molar-refractivity contribution in [2.75, 3.05) is 0 Å². The Bertz CT molecular complexity index is 318. The number of carbonyl (C=O) groups excluding carboxylic acids is 1. The maximum atomic E-state index is 10.8. The van der Waals surface area contributed by atoms with Crippen molar-refractivity contribution in [3.8, 4) is 0 Å². The van der Waals surface area contributed by atoms with Crippen LogP contribution < -0.4 is 0 Å². The summed E-state index contributed by atoms with van der Waals surface area (Å²) in [5.74, 6) is 1.36. The van der Waals surface area contributed by atoms with Gasteiger partial charge in [-0.1, -0.05) is 26.8 Å². The van der Waals surface area contributed by atoms with Crippen LogP contribution in [0, 0.1) is 22.7 Å². The van der Waals surface area contributed by atoms with Gasteiger partial charge in [0.1, 0.15) is 0 Å². The molecule has 0 saturated heterocycles. The van der Waals surface area contributed by atoms with E-state index < -0.39 is 0 Å². The molecule has 2 fully saturated rings. The molecule has 0 heterocycles. The summed E-state index contributed by atoms with van der Waals surface area (Å²) in [7, 11) is 0. The molecule has 2 rings (SSSR count). The Balaban J connectivity index is 2.22. The molecule has 2 saturated carbocycles. The summed E-state index contributed by atoms with van der Waals surface area (Å²) < 4.78 is 0. The van der Waals surface area contributed by atoms with Gasteiger partial charge in [0.2, 0.25) is 5.24 Å². The molecular formula is C13H19ClO. The van der Waals surface area contributed by atoms with Gasteiger partial charge in [-0.15, -0.1) is 0 Å². The standard InChI is InChI=1S/C13H19ClO/c1-12(2)9-6-7-13(12,3)10(8-9)4-5-11(14)15/h4-5,9-10H,6-8H2,1-3H3/t9-,10?,13-/m1/s1. The average Bonchev–Trinajstić information content (AvgIpc) is 2.46. The Hall–Kier alpha value is -0.300. The molecule has 0 aromatic carbocycles. The van der Waals surface area contributed by atoms with Gasteiger partial charge < -0.3 is 0 Å². The Labute approximate surface area is 96.9 Å². The van der Waals surface area contributed by atoms with Gasteiger partial charge in [0.05, 0.1) is 0 Å². The average molecular weight is 227 g/mol. The lowest BCUT2D eigenvalue weighted by Crippen LogP contribution is -2.31. The Kier molecular flexibility index (Phi) is 2.50. The van der Waals surface area contributed by atoms with Gasteiger partial charge in [0.25, 0.3) is 0 Å². The van der Waals surface area contributed by atoms with Gasteiger partial charge in [-0.2, -0.15) is 0 Å². The van der Waals surface area contributed by atoms with Crippen molar-refractivity contribution in [1.82, 2.24) is 0 Å². The second kappa shape index (κ2) is 3.35. The molecule has 2 aliphatic carbocycles. The molecule has 2 bridgehead atoms. The molecule has 0 radical (unpaired) electrons. The van der Waals surface area contributed by atoms with Crippen molar-refractivity contribution in [3.05, 3.63) is 12.2 Å². The minimum absolute atomic E-state index is 0.348. The van der Waals surface area contributed by atoms with Crippen molar-refractivity contribution < 1.29 is 4.79 Å². The highest BCUT2D eigenvalue weighted by Gasteiger charge is 2.60. The lowest BCUT2D eigenvalue weighted by atomic mass is 9.67. The van der Waals surface area contributed by atoms with E-state index in [0.717, 1.165) is 5.92 Å². The van der Waals surface area contributed by atoms with Gasteiger partial charge in [-0.25, -0.2) is 0 Å². The molecule has 0 amide bonds. The van der Waals surface area contributed by atoms with Crippen molar-refractivity contribution >= 4 is 16.8 Å². The number of hydrogen-bond donors (Lipinski definition) is 0. The van der Waals surface area contributed by atoms with E-state index in [1.807, 2.05) is 6.08 Å². The molecular weight excluding hydrogens is 208 g/mol. The number of fused-ring (bicyclic) bond motifs is 2. The van der Waals surface area contributed by atoms with Crippen molar-refractivity contribution in [1.29, 1.82) is 0 Å². The molecule has 0 aromatic rings. The molecule has 1 nitrogen and oxygen atoms in total. The Morgan fingerprint density at radius 2 is 2.07 bits per heavy atom. The third-order valence-electron chi connectivity index (χ3n) is 5.32. The van der Waals surface area contributed by atoms with Crippen LogP contribution in [0.15, 0.2) is 12.2 Å². The molecule has 0 spiro atoms. The summed E-state index contributed by atoms with van der Waals surface area (Å²) in [6, 6.07) is 0. The molecule has 15 heavy (non-hydrogen) atoms. The fraction of sp³-hybridized carbons (Fsp3) is 0.769. The summed E-state index contributed by atoms with van der Waals surface area (Å²) in [5.41, 5.74) is 0.776. The summed E-state index contributed by atoms with van der Waals surface area (Å²) in [5, 5.41) is -0.348. The van der Waals surface area contributed by atoms with Crippen molar-refractivity contribution in [3.63, 3.8) is 0 Å². The molecule has 2 heteroatoms. The molecule has 1 unspecified atom stereocenters. The lowest BCUT2D eigenvalue weighted by molar-refractivity contribution is -0.107. The number of rotatable bonds is 2. The minimum atomic E-state index is -0.348. The first-order chi connectivity index (χ1) is 6.88. The zero-order valence-corrected chi connectivity index (χ0v) is 10.5. The second-order valence-electron chi connectivity index (χ2n) is 5.88. The Morgan fingerprint density at radius 1 is 1.40 bits per heavy atom. The fourth-order valence-electron chi connectivity index (χ4n) is 3.75. The molecule has 3 atom stereocenters. The summed E-state index contributed by atoms with van der Waals surface area (Å²) in [6.45, 7) is 7.12. The maximum absolute atomic E-state index is 10.8. The van der Waals surface area contributed by atoms with Crippen LogP contribution in [0.4, 0.5) is 0 Å². The number of halogens is 1. The molecule has 2 aliphatic rings. The number of carbonyl (C=O) groups is 1. The SMILES string of the molecule is CC1(C)[C@@H]2CC[C@]1(C)C(C=CC(=O)Cl)C2. The molecule has 0 N–H and O–H groups in total. The third-order valence-corrected chi connectivity index (χ3v) is 5.45. The minimum Gasteiger partial charge on any atom is -0.276 e. The van der Waals surface area contributed by atoms with Gasteiger partial charge >= 0.3 is 0 Å². The van der Waals surface area contributed by atoms with E-state index in [1.165, 1.54) is 25.3 Å². The zero-order chi connectivity index (χ0) is 11.3. The van der Waals surface area contributed by atoms with Gasteiger partial charge in [-0.05, 0) is 59.6 Å². The second-order valence-corrected chi connectivity index (χ2v) is 6.25. The summed E-state index contributed by atoms with van der Waals surface area (Å²) in [4.78, 5) is 10.8. The van der Waals surface area contributed by atoms with E-state index in [9.17, 15) is 4.79 Å². The quantitative estimate of drug-likeness (QED) is 0.518. The van der Waals surface area contributed by atoms with E-state index in [1.54, 1.807) is 0 Å². The van der Waals surface area contributed by atoms with Crippen LogP contribution >= 0.6 is 11.6 Å². The van der Waals surface area contributed by atoms with Crippen LogP contribution in [0.2, 0.25) is 0 Å². The van der Waals surface area contributed by atoms with Gasteiger partial charge in [0.15, 0.2) is 0 Å². The lowest BCUT2D eigenvalue weighted by Gasteiger charge is -2.38. The van der Waals surface area contributed by atoms with Crippen LogP contribution in [-0.4, -0.2) is 5.24 Å². The monoisotopic (exact) mass is 226 g/mol. The van der Waals surface area contributed by atoms with Crippen LogP contribution in [0.3, 0.4) is 0 Å². The predicted molar refractivity (Wildman–Crippen MR) is 62.7 cm³/mol. The first-order valence-corrected chi connectivity index (χ1v) is 6.13. The zero-order valence-electron chi connectivity index (χ0n) is 9.72. The number of allylic oxidation sites excluding steroid dienone is 2. The van der Waals surface area contributed by atoms with E-state index in [0.29, 0.717) is 16.7 Å². The molecule has 0 aromatic heterocycles. The largest absolute Gasteiger partial charge is 0.276 e. The van der Waals surface area contributed by atoms with Gasteiger partial charge in [0, 0.05) is 0 Å². The van der Waals surface area contributed by atoms with E-state index in [-0.39, 0.29) is 5.24 Å². The van der Waals surface area contributed by atoms with Gasteiger partial charge in [-0.3, -0.25) is 4.79 Å². The van der Waals surface area contributed by atoms with E-state index >= 15 is 0 Å². The van der Waals surface area contributed by atoms with Crippen LogP contribution in [0.5, 0.6) is 0 Å².